The number of hydrogen-bond donors (Lipinski definition) is 0. The van der Waals surface area contributed by atoms with Crippen LogP contribution in [0.3, 0.4) is 0 Å². The van der Waals surface area contributed by atoms with E-state index in [2.05, 4.69) is 87.9 Å². The van der Waals surface area contributed by atoms with Crippen LogP contribution in [0.1, 0.15) is 51.3 Å². The van der Waals surface area contributed by atoms with Crippen LogP contribution >= 0.6 is 15.9 Å². The van der Waals surface area contributed by atoms with Crippen LogP contribution in [0.15, 0.2) is 50.2 Å². The van der Waals surface area contributed by atoms with Gasteiger partial charge in [0.05, 0.1) is 8.07 Å². The van der Waals surface area contributed by atoms with E-state index in [4.69, 9.17) is 0 Å². The molecule has 0 fully saturated rings. The number of benzene rings is 1. The third-order valence-corrected chi connectivity index (χ3v) is 11.4. The predicted octanol–water partition coefficient (Wildman–Crippen LogP) is 7.04. The van der Waals surface area contributed by atoms with Crippen molar-refractivity contribution in [2.75, 3.05) is 0 Å². The van der Waals surface area contributed by atoms with E-state index >= 15 is 0 Å². The zero-order valence-corrected chi connectivity index (χ0v) is 17.9. The van der Waals surface area contributed by atoms with Crippen LogP contribution in [-0.2, 0) is 0 Å². The molecule has 2 aliphatic carbocycles. The summed E-state index contributed by atoms with van der Waals surface area (Å²) in [5.41, 5.74) is 9.75. The van der Waals surface area contributed by atoms with E-state index in [0.29, 0.717) is 11.5 Å². The van der Waals surface area contributed by atoms with Crippen molar-refractivity contribution in [3.8, 4) is 0 Å². The summed E-state index contributed by atoms with van der Waals surface area (Å²) in [6.07, 6.45) is 2.40. The molecule has 0 heterocycles. The van der Waals surface area contributed by atoms with Crippen molar-refractivity contribution in [1.29, 1.82) is 0 Å². The SMILES string of the molecule is CC1=Cc2c(Br)cccc2C1[Si](C)(C)C1=C(C)C(C)=C(C)C1C. The van der Waals surface area contributed by atoms with Gasteiger partial charge in [-0.3, -0.25) is 0 Å². The summed E-state index contributed by atoms with van der Waals surface area (Å²) < 4.78 is 1.23. The van der Waals surface area contributed by atoms with Gasteiger partial charge < -0.3 is 0 Å². The zero-order chi connectivity index (χ0) is 17.1. The smallest absolute Gasteiger partial charge is 0.0701 e. The fourth-order valence-corrected chi connectivity index (χ4v) is 10.6. The third kappa shape index (κ3) is 2.37. The molecule has 122 valence electrons. The summed E-state index contributed by atoms with van der Waals surface area (Å²) in [4.78, 5) is 0. The molecule has 0 amide bonds. The predicted molar refractivity (Wildman–Crippen MR) is 108 cm³/mol. The van der Waals surface area contributed by atoms with E-state index in [0.717, 1.165) is 0 Å². The minimum atomic E-state index is -1.64. The first-order valence-electron chi connectivity index (χ1n) is 8.53. The van der Waals surface area contributed by atoms with Gasteiger partial charge in [-0.15, -0.1) is 0 Å². The average Bonchev–Trinajstić information content (AvgIpc) is 2.91. The van der Waals surface area contributed by atoms with Gasteiger partial charge in [-0.2, -0.15) is 0 Å². The Kier molecular flexibility index (Phi) is 4.13. The number of fused-ring (bicyclic) bond motifs is 1. The van der Waals surface area contributed by atoms with Crippen molar-refractivity contribution in [3.05, 3.63) is 61.3 Å². The first kappa shape index (κ1) is 17.0. The zero-order valence-electron chi connectivity index (χ0n) is 15.3. The Morgan fingerprint density at radius 1 is 1.00 bits per heavy atom. The van der Waals surface area contributed by atoms with E-state index in [1.807, 2.05) is 0 Å². The molecule has 3 rings (SSSR count). The molecule has 1 aromatic carbocycles. The van der Waals surface area contributed by atoms with Crippen molar-refractivity contribution in [1.82, 2.24) is 0 Å². The first-order chi connectivity index (χ1) is 10.7. The maximum absolute atomic E-state index is 3.75. The minimum Gasteiger partial charge on any atom is -0.0701 e. The molecule has 1 aromatic rings. The van der Waals surface area contributed by atoms with Crippen LogP contribution < -0.4 is 0 Å². The van der Waals surface area contributed by atoms with Crippen LogP contribution in [-0.4, -0.2) is 8.07 Å². The van der Waals surface area contributed by atoms with Gasteiger partial charge in [-0.1, -0.05) is 76.1 Å². The Morgan fingerprint density at radius 2 is 1.65 bits per heavy atom. The molecular weight excluding hydrogens is 360 g/mol. The lowest BCUT2D eigenvalue weighted by Crippen LogP contribution is -2.40. The summed E-state index contributed by atoms with van der Waals surface area (Å²) >= 11 is 3.75. The highest BCUT2D eigenvalue weighted by Gasteiger charge is 2.45. The Morgan fingerprint density at radius 3 is 2.22 bits per heavy atom. The molecule has 0 radical (unpaired) electrons. The normalized spacial score (nSPS) is 24.4. The molecule has 0 bridgehead atoms. The van der Waals surface area contributed by atoms with Crippen molar-refractivity contribution in [2.24, 2.45) is 5.92 Å². The number of hydrogen-bond acceptors (Lipinski definition) is 0. The molecular formula is C21H27BrSi. The topological polar surface area (TPSA) is 0 Å². The van der Waals surface area contributed by atoms with Gasteiger partial charge in [-0.25, -0.2) is 0 Å². The Bertz CT molecular complexity index is 777. The number of allylic oxidation sites excluding steroid dienone is 5. The fraction of sp³-hybridized carbons (Fsp3) is 0.429. The molecule has 23 heavy (non-hydrogen) atoms. The van der Waals surface area contributed by atoms with Crippen molar-refractivity contribution in [3.63, 3.8) is 0 Å². The van der Waals surface area contributed by atoms with Gasteiger partial charge in [0.15, 0.2) is 0 Å². The highest BCUT2D eigenvalue weighted by Crippen LogP contribution is 2.51. The number of rotatable bonds is 2. The molecule has 0 aliphatic heterocycles. The van der Waals surface area contributed by atoms with Crippen LogP contribution in [0.4, 0.5) is 0 Å². The van der Waals surface area contributed by atoms with Gasteiger partial charge >= 0.3 is 0 Å². The van der Waals surface area contributed by atoms with Gasteiger partial charge in [0.25, 0.3) is 0 Å². The Labute approximate surface area is 150 Å². The monoisotopic (exact) mass is 386 g/mol. The summed E-state index contributed by atoms with van der Waals surface area (Å²) in [6, 6.07) is 6.70. The first-order valence-corrected chi connectivity index (χ1v) is 12.4. The number of halogens is 1. The Balaban J connectivity index is 2.14. The second-order valence-corrected chi connectivity index (χ2v) is 13.3. The summed E-state index contributed by atoms with van der Waals surface area (Å²) in [7, 11) is -1.64. The molecule has 2 heteroatoms. The second-order valence-electron chi connectivity index (χ2n) is 7.85. The standard InChI is InChI=1S/C21H27BrSi/c1-12-11-18-17(9-8-10-19(18)22)20(12)23(6,7)21-15(4)13(2)14(3)16(21)5/h8-11,15,20H,1-7H3. The molecule has 0 spiro atoms. The van der Waals surface area contributed by atoms with E-state index < -0.39 is 8.07 Å². The lowest BCUT2D eigenvalue weighted by atomic mass is 10.1. The highest BCUT2D eigenvalue weighted by molar-refractivity contribution is 9.10. The largest absolute Gasteiger partial charge is 0.0883 e. The van der Waals surface area contributed by atoms with Crippen molar-refractivity contribution >= 4 is 30.1 Å². The van der Waals surface area contributed by atoms with Crippen molar-refractivity contribution < 1.29 is 0 Å². The molecule has 2 atom stereocenters. The molecule has 0 N–H and O–H groups in total. The molecule has 0 saturated heterocycles. The van der Waals surface area contributed by atoms with Crippen LogP contribution in [0.2, 0.25) is 13.1 Å². The van der Waals surface area contributed by atoms with Gasteiger partial charge in [-0.05, 0) is 56.4 Å². The molecule has 0 aromatic heterocycles. The average molecular weight is 387 g/mol. The van der Waals surface area contributed by atoms with Gasteiger partial charge in [0.2, 0.25) is 0 Å². The maximum Gasteiger partial charge on any atom is 0.0883 e. The minimum absolute atomic E-state index is 0.598. The Hall–Kier alpha value is -0.863. The van der Waals surface area contributed by atoms with Crippen molar-refractivity contribution in [2.45, 2.75) is 53.3 Å². The van der Waals surface area contributed by atoms with Crippen LogP contribution in [0, 0.1) is 5.92 Å². The molecule has 0 saturated carbocycles. The fourth-order valence-electron chi connectivity index (χ4n) is 5.03. The summed E-state index contributed by atoms with van der Waals surface area (Å²) in [6.45, 7) is 16.9. The lowest BCUT2D eigenvalue weighted by Gasteiger charge is -2.37. The van der Waals surface area contributed by atoms with Crippen LogP contribution in [0.25, 0.3) is 6.08 Å². The molecule has 2 unspecified atom stereocenters. The lowest BCUT2D eigenvalue weighted by molar-refractivity contribution is 0.838. The van der Waals surface area contributed by atoms with E-state index in [1.54, 1.807) is 21.9 Å². The maximum atomic E-state index is 3.75. The van der Waals surface area contributed by atoms with Gasteiger partial charge in [0.1, 0.15) is 0 Å². The highest BCUT2D eigenvalue weighted by atomic mass is 79.9. The van der Waals surface area contributed by atoms with Gasteiger partial charge in [0, 0.05) is 10.0 Å². The second kappa shape index (κ2) is 5.60. The quantitative estimate of drug-likeness (QED) is 0.478. The van der Waals surface area contributed by atoms with E-state index in [9.17, 15) is 0 Å². The molecule has 2 aliphatic rings. The summed E-state index contributed by atoms with van der Waals surface area (Å²) in [5, 5.41) is 1.76. The molecule has 0 nitrogen and oxygen atoms in total. The third-order valence-electron chi connectivity index (χ3n) is 6.28. The van der Waals surface area contributed by atoms with E-state index in [-0.39, 0.29) is 0 Å². The van der Waals surface area contributed by atoms with Crippen LogP contribution in [0.5, 0.6) is 0 Å². The van der Waals surface area contributed by atoms with E-state index in [1.165, 1.54) is 21.2 Å². The summed E-state index contributed by atoms with van der Waals surface area (Å²) in [5.74, 6) is 0.612.